The number of rotatable bonds is 4. The monoisotopic (exact) mass is 325 g/mol. The Morgan fingerprint density at radius 2 is 2.09 bits per heavy atom. The zero-order chi connectivity index (χ0) is 15.6. The van der Waals surface area contributed by atoms with E-state index < -0.39 is 11.7 Å². The fourth-order valence-corrected chi connectivity index (χ4v) is 2.45. The fourth-order valence-electron chi connectivity index (χ4n) is 1.82. The summed E-state index contributed by atoms with van der Waals surface area (Å²) >= 11 is 1.51. The third-order valence-corrected chi connectivity index (χ3v) is 3.56. The topological polar surface area (TPSA) is 51.0 Å². The van der Waals surface area contributed by atoms with Gasteiger partial charge in [0.15, 0.2) is 0 Å². The van der Waals surface area contributed by atoms with E-state index in [-0.39, 0.29) is 6.54 Å². The van der Waals surface area contributed by atoms with E-state index in [1.807, 2.05) is 16.8 Å². The normalized spacial score (nSPS) is 11.6. The summed E-state index contributed by atoms with van der Waals surface area (Å²) in [5, 5.41) is 10.4. The summed E-state index contributed by atoms with van der Waals surface area (Å²) in [6.07, 6.45) is -4.37. The maximum atomic E-state index is 12.6. The molecule has 3 aromatic rings. The molecule has 8 heteroatoms. The van der Waals surface area contributed by atoms with Crippen molar-refractivity contribution in [1.29, 1.82) is 0 Å². The Balaban J connectivity index is 1.68. The molecule has 0 aliphatic carbocycles. The van der Waals surface area contributed by atoms with Gasteiger partial charge in [0.1, 0.15) is 0 Å². The number of anilines is 1. The Kier molecular flexibility index (Phi) is 3.84. The minimum atomic E-state index is -4.37. The van der Waals surface area contributed by atoms with Crippen LogP contribution in [0.2, 0.25) is 0 Å². The van der Waals surface area contributed by atoms with Crippen LogP contribution in [0.5, 0.6) is 0 Å². The van der Waals surface area contributed by atoms with Crippen molar-refractivity contribution >= 4 is 17.0 Å². The van der Waals surface area contributed by atoms with Crippen LogP contribution in [0.25, 0.3) is 11.4 Å². The van der Waals surface area contributed by atoms with Gasteiger partial charge in [-0.15, -0.1) is 0 Å². The van der Waals surface area contributed by atoms with Crippen LogP contribution in [0.1, 0.15) is 11.5 Å². The molecule has 0 bridgehead atoms. The average molecular weight is 325 g/mol. The van der Waals surface area contributed by atoms with Crippen LogP contribution in [-0.4, -0.2) is 10.1 Å². The minimum Gasteiger partial charge on any atom is -0.376 e. The standard InChI is InChI=1S/C14H10F3N3OS/c15-14(16,17)10-2-1-3-11(6-10)18-7-12-19-13(20-21-12)9-4-5-22-8-9/h1-6,8,18H,7H2. The van der Waals surface area contributed by atoms with Crippen LogP contribution >= 0.6 is 11.3 Å². The van der Waals surface area contributed by atoms with Crippen molar-refractivity contribution in [2.24, 2.45) is 0 Å². The van der Waals surface area contributed by atoms with E-state index in [9.17, 15) is 13.2 Å². The van der Waals surface area contributed by atoms with E-state index in [1.165, 1.54) is 17.4 Å². The maximum absolute atomic E-state index is 12.6. The molecule has 0 fully saturated rings. The molecule has 1 aromatic carbocycles. The molecule has 1 N–H and O–H groups in total. The zero-order valence-electron chi connectivity index (χ0n) is 11.1. The maximum Gasteiger partial charge on any atom is 0.416 e. The van der Waals surface area contributed by atoms with Gasteiger partial charge in [-0.1, -0.05) is 11.2 Å². The summed E-state index contributed by atoms with van der Waals surface area (Å²) in [4.78, 5) is 4.18. The lowest BCUT2D eigenvalue weighted by Crippen LogP contribution is -2.06. The Morgan fingerprint density at radius 3 is 2.82 bits per heavy atom. The Hall–Kier alpha value is -2.35. The van der Waals surface area contributed by atoms with Crippen LogP contribution in [0.3, 0.4) is 0 Å². The number of nitrogens with zero attached hydrogens (tertiary/aromatic N) is 2. The second-order valence-corrected chi connectivity index (χ2v) is 5.24. The van der Waals surface area contributed by atoms with Crippen LogP contribution in [0.15, 0.2) is 45.6 Å². The van der Waals surface area contributed by atoms with Gasteiger partial charge in [-0.25, -0.2) is 0 Å². The molecule has 0 atom stereocenters. The molecule has 0 saturated heterocycles. The smallest absolute Gasteiger partial charge is 0.376 e. The number of hydrogen-bond acceptors (Lipinski definition) is 5. The lowest BCUT2D eigenvalue weighted by molar-refractivity contribution is -0.137. The second kappa shape index (κ2) is 5.80. The number of thiophene rings is 1. The van der Waals surface area contributed by atoms with Crippen molar-refractivity contribution in [1.82, 2.24) is 10.1 Å². The van der Waals surface area contributed by atoms with E-state index in [0.29, 0.717) is 17.4 Å². The summed E-state index contributed by atoms with van der Waals surface area (Å²) in [6.45, 7) is 0.151. The Labute approximate surface area is 127 Å². The van der Waals surface area contributed by atoms with E-state index in [4.69, 9.17) is 4.52 Å². The van der Waals surface area contributed by atoms with Crippen LogP contribution in [-0.2, 0) is 12.7 Å². The number of aromatic nitrogens is 2. The molecule has 22 heavy (non-hydrogen) atoms. The van der Waals surface area contributed by atoms with Gasteiger partial charge in [0.2, 0.25) is 11.7 Å². The predicted octanol–water partition coefficient (Wildman–Crippen LogP) is 4.43. The number of alkyl halides is 3. The highest BCUT2D eigenvalue weighted by Crippen LogP contribution is 2.30. The van der Waals surface area contributed by atoms with Crippen molar-refractivity contribution in [2.45, 2.75) is 12.7 Å². The highest BCUT2D eigenvalue weighted by molar-refractivity contribution is 7.08. The first-order valence-electron chi connectivity index (χ1n) is 6.29. The molecule has 114 valence electrons. The van der Waals surface area contributed by atoms with Crippen LogP contribution in [0.4, 0.5) is 18.9 Å². The molecular weight excluding hydrogens is 315 g/mol. The molecule has 0 aliphatic rings. The second-order valence-electron chi connectivity index (χ2n) is 4.46. The van der Waals surface area contributed by atoms with Crippen molar-refractivity contribution in [3.05, 3.63) is 52.5 Å². The SMILES string of the molecule is FC(F)(F)c1cccc(NCc2nc(-c3ccsc3)no2)c1. The number of halogens is 3. The molecule has 0 saturated carbocycles. The van der Waals surface area contributed by atoms with Gasteiger partial charge in [0.05, 0.1) is 12.1 Å². The Morgan fingerprint density at radius 1 is 1.23 bits per heavy atom. The van der Waals surface area contributed by atoms with Gasteiger partial charge >= 0.3 is 6.18 Å². The van der Waals surface area contributed by atoms with Crippen molar-refractivity contribution in [2.75, 3.05) is 5.32 Å². The summed E-state index contributed by atoms with van der Waals surface area (Å²) in [6, 6.07) is 6.81. The van der Waals surface area contributed by atoms with E-state index in [2.05, 4.69) is 15.5 Å². The molecule has 2 aromatic heterocycles. The van der Waals surface area contributed by atoms with Crippen molar-refractivity contribution in [3.8, 4) is 11.4 Å². The first-order valence-corrected chi connectivity index (χ1v) is 7.23. The molecule has 0 unspecified atom stereocenters. The molecule has 0 aliphatic heterocycles. The Bertz CT molecular complexity index is 753. The molecule has 3 rings (SSSR count). The average Bonchev–Trinajstić information content (AvgIpc) is 3.15. The van der Waals surface area contributed by atoms with Gasteiger partial charge in [0.25, 0.3) is 0 Å². The third-order valence-electron chi connectivity index (χ3n) is 2.88. The predicted molar refractivity (Wildman–Crippen MR) is 76.4 cm³/mol. The van der Waals surface area contributed by atoms with Crippen molar-refractivity contribution < 1.29 is 17.7 Å². The highest BCUT2D eigenvalue weighted by Gasteiger charge is 2.30. The molecule has 2 heterocycles. The largest absolute Gasteiger partial charge is 0.416 e. The molecule has 4 nitrogen and oxygen atoms in total. The third kappa shape index (κ3) is 3.28. The minimum absolute atomic E-state index is 0.151. The van der Waals surface area contributed by atoms with Gasteiger partial charge in [-0.05, 0) is 29.6 Å². The number of benzene rings is 1. The summed E-state index contributed by atoms with van der Waals surface area (Å²) in [7, 11) is 0. The zero-order valence-corrected chi connectivity index (χ0v) is 11.9. The summed E-state index contributed by atoms with van der Waals surface area (Å²) in [5.74, 6) is 0.765. The summed E-state index contributed by atoms with van der Waals surface area (Å²) < 4.78 is 42.9. The quantitative estimate of drug-likeness (QED) is 0.771. The van der Waals surface area contributed by atoms with E-state index in [0.717, 1.165) is 17.7 Å². The summed E-state index contributed by atoms with van der Waals surface area (Å²) in [5.41, 5.74) is 0.478. The van der Waals surface area contributed by atoms with Crippen molar-refractivity contribution in [3.63, 3.8) is 0 Å². The van der Waals surface area contributed by atoms with Gasteiger partial charge < -0.3 is 9.84 Å². The first-order chi connectivity index (χ1) is 10.5. The highest BCUT2D eigenvalue weighted by atomic mass is 32.1. The molecule has 0 spiro atoms. The van der Waals surface area contributed by atoms with Gasteiger partial charge in [-0.3, -0.25) is 0 Å². The first kappa shape index (κ1) is 14.6. The van der Waals surface area contributed by atoms with Crippen LogP contribution in [0, 0.1) is 0 Å². The van der Waals surface area contributed by atoms with Crippen LogP contribution < -0.4 is 5.32 Å². The number of hydrogen-bond donors (Lipinski definition) is 1. The molecular formula is C14H10F3N3OS. The molecule has 0 radical (unpaired) electrons. The lowest BCUT2D eigenvalue weighted by atomic mass is 10.2. The van der Waals surface area contributed by atoms with E-state index >= 15 is 0 Å². The lowest BCUT2D eigenvalue weighted by Gasteiger charge is -2.09. The molecule has 0 amide bonds. The van der Waals surface area contributed by atoms with Gasteiger partial charge in [-0.2, -0.15) is 29.5 Å². The number of nitrogens with one attached hydrogen (secondary N) is 1. The fraction of sp³-hybridized carbons (Fsp3) is 0.143. The van der Waals surface area contributed by atoms with E-state index in [1.54, 1.807) is 6.07 Å². The van der Waals surface area contributed by atoms with Gasteiger partial charge in [0, 0.05) is 16.6 Å².